The fourth-order valence-corrected chi connectivity index (χ4v) is 4.03. The van der Waals surface area contributed by atoms with E-state index >= 15 is 0 Å². The van der Waals surface area contributed by atoms with Crippen LogP contribution >= 0.6 is 11.8 Å². The lowest BCUT2D eigenvalue weighted by Crippen LogP contribution is -2.43. The molecule has 0 radical (unpaired) electrons. The molecule has 25 heavy (non-hydrogen) atoms. The Kier molecular flexibility index (Phi) is 5.96. The SMILES string of the molecule is C[C@@H]1CCCCN1C(=O)CSc1n[nH]c(=O)n1CCc1ccccc1. The maximum absolute atomic E-state index is 12.5. The first kappa shape index (κ1) is 17.8. The Bertz CT molecular complexity index is 756. The van der Waals surface area contributed by atoms with Crippen LogP contribution in [-0.4, -0.2) is 43.9 Å². The predicted octanol–water partition coefficient (Wildman–Crippen LogP) is 2.31. The van der Waals surface area contributed by atoms with Gasteiger partial charge in [0.2, 0.25) is 5.91 Å². The van der Waals surface area contributed by atoms with Crippen LogP contribution in [0.1, 0.15) is 31.7 Å². The van der Waals surface area contributed by atoms with Gasteiger partial charge in [0.15, 0.2) is 5.16 Å². The van der Waals surface area contributed by atoms with E-state index in [2.05, 4.69) is 17.1 Å². The Morgan fingerprint density at radius 1 is 1.32 bits per heavy atom. The Hall–Kier alpha value is -2.02. The summed E-state index contributed by atoms with van der Waals surface area (Å²) in [5.74, 6) is 0.447. The van der Waals surface area contributed by atoms with Crippen molar-refractivity contribution in [1.29, 1.82) is 0 Å². The summed E-state index contributed by atoms with van der Waals surface area (Å²) in [6, 6.07) is 10.3. The van der Waals surface area contributed by atoms with Gasteiger partial charge in [-0.1, -0.05) is 42.1 Å². The molecule has 1 fully saturated rings. The molecule has 1 N–H and O–H groups in total. The van der Waals surface area contributed by atoms with Gasteiger partial charge in [-0.2, -0.15) is 0 Å². The molecule has 2 heterocycles. The summed E-state index contributed by atoms with van der Waals surface area (Å²) in [4.78, 5) is 26.4. The second kappa shape index (κ2) is 8.38. The Balaban J connectivity index is 1.59. The summed E-state index contributed by atoms with van der Waals surface area (Å²) in [5.41, 5.74) is 0.946. The highest BCUT2D eigenvalue weighted by atomic mass is 32.2. The number of hydrogen-bond donors (Lipinski definition) is 1. The molecule has 2 aromatic rings. The Morgan fingerprint density at radius 2 is 2.12 bits per heavy atom. The van der Waals surface area contributed by atoms with Gasteiger partial charge in [0, 0.05) is 19.1 Å². The standard InChI is InChI=1S/C18H24N4O2S/c1-14-7-5-6-11-21(14)16(23)13-25-18-20-19-17(24)22(18)12-10-15-8-3-2-4-9-15/h2-4,8-9,14H,5-7,10-13H2,1H3,(H,19,24)/t14-/m1/s1. The molecule has 1 aliphatic rings. The number of rotatable bonds is 6. The van der Waals surface area contributed by atoms with E-state index in [1.165, 1.54) is 23.7 Å². The molecule has 0 aliphatic carbocycles. The van der Waals surface area contributed by atoms with Gasteiger partial charge in [0.25, 0.3) is 0 Å². The number of aromatic amines is 1. The van der Waals surface area contributed by atoms with Crippen LogP contribution in [0.4, 0.5) is 0 Å². The number of amides is 1. The number of likely N-dealkylation sites (tertiary alicyclic amines) is 1. The number of aromatic nitrogens is 3. The van der Waals surface area contributed by atoms with Crippen molar-refractivity contribution in [2.45, 2.75) is 50.4 Å². The number of H-pyrrole nitrogens is 1. The van der Waals surface area contributed by atoms with Crippen LogP contribution in [0.5, 0.6) is 0 Å². The maximum Gasteiger partial charge on any atom is 0.343 e. The third-order valence-corrected chi connectivity index (χ3v) is 5.60. The number of carbonyl (C=O) groups excluding carboxylic acids is 1. The van der Waals surface area contributed by atoms with Crippen molar-refractivity contribution in [3.8, 4) is 0 Å². The first-order valence-corrected chi connectivity index (χ1v) is 9.75. The first-order chi connectivity index (χ1) is 12.1. The number of benzene rings is 1. The quantitative estimate of drug-likeness (QED) is 0.803. The fourth-order valence-electron chi connectivity index (χ4n) is 3.17. The number of thioether (sulfide) groups is 1. The summed E-state index contributed by atoms with van der Waals surface area (Å²) in [6.07, 6.45) is 4.09. The van der Waals surface area contributed by atoms with Crippen molar-refractivity contribution < 1.29 is 4.79 Å². The molecule has 1 aliphatic heterocycles. The number of nitrogens with one attached hydrogen (secondary N) is 1. The summed E-state index contributed by atoms with van der Waals surface area (Å²) in [5, 5.41) is 7.16. The van der Waals surface area contributed by atoms with Gasteiger partial charge in [-0.15, -0.1) is 5.10 Å². The van der Waals surface area contributed by atoms with Crippen LogP contribution in [-0.2, 0) is 17.8 Å². The molecule has 1 amide bonds. The van der Waals surface area contributed by atoms with E-state index in [-0.39, 0.29) is 11.6 Å². The molecule has 0 bridgehead atoms. The van der Waals surface area contributed by atoms with Crippen LogP contribution in [0.15, 0.2) is 40.3 Å². The molecule has 1 aromatic heterocycles. The highest BCUT2D eigenvalue weighted by Gasteiger charge is 2.23. The lowest BCUT2D eigenvalue weighted by Gasteiger charge is -2.33. The summed E-state index contributed by atoms with van der Waals surface area (Å²) in [7, 11) is 0. The van der Waals surface area contributed by atoms with Gasteiger partial charge >= 0.3 is 5.69 Å². The normalized spacial score (nSPS) is 17.6. The van der Waals surface area contributed by atoms with Crippen molar-refractivity contribution in [1.82, 2.24) is 19.7 Å². The lowest BCUT2D eigenvalue weighted by atomic mass is 10.0. The van der Waals surface area contributed by atoms with Gasteiger partial charge in [-0.05, 0) is 38.2 Å². The zero-order valence-corrected chi connectivity index (χ0v) is 15.3. The highest BCUT2D eigenvalue weighted by Crippen LogP contribution is 2.20. The van der Waals surface area contributed by atoms with Gasteiger partial charge in [0.05, 0.1) is 5.75 Å². The van der Waals surface area contributed by atoms with Gasteiger partial charge in [-0.3, -0.25) is 9.36 Å². The Morgan fingerprint density at radius 3 is 2.88 bits per heavy atom. The van der Waals surface area contributed by atoms with Crippen LogP contribution in [0.25, 0.3) is 0 Å². The average Bonchev–Trinajstić information content (AvgIpc) is 2.99. The van der Waals surface area contributed by atoms with Gasteiger partial charge < -0.3 is 4.90 Å². The second-order valence-electron chi connectivity index (χ2n) is 6.42. The minimum Gasteiger partial charge on any atom is -0.339 e. The van der Waals surface area contributed by atoms with Gasteiger partial charge in [-0.25, -0.2) is 9.89 Å². The summed E-state index contributed by atoms with van der Waals surface area (Å²) in [6.45, 7) is 3.49. The molecule has 0 spiro atoms. The van der Waals surface area contributed by atoms with E-state index in [1.807, 2.05) is 35.2 Å². The van der Waals surface area contributed by atoms with E-state index in [0.29, 0.717) is 23.5 Å². The zero-order chi connectivity index (χ0) is 17.6. The van der Waals surface area contributed by atoms with Crippen LogP contribution in [0.3, 0.4) is 0 Å². The van der Waals surface area contributed by atoms with E-state index < -0.39 is 0 Å². The average molecular weight is 360 g/mol. The number of nitrogens with zero attached hydrogens (tertiary/aromatic N) is 3. The van der Waals surface area contributed by atoms with E-state index in [0.717, 1.165) is 25.8 Å². The minimum atomic E-state index is -0.225. The molecule has 1 saturated heterocycles. The lowest BCUT2D eigenvalue weighted by molar-refractivity contribution is -0.131. The minimum absolute atomic E-state index is 0.127. The summed E-state index contributed by atoms with van der Waals surface area (Å²) < 4.78 is 1.62. The molecule has 0 saturated carbocycles. The van der Waals surface area contributed by atoms with E-state index in [4.69, 9.17) is 0 Å². The monoisotopic (exact) mass is 360 g/mol. The number of aryl methyl sites for hydroxylation is 1. The maximum atomic E-state index is 12.5. The molecular formula is C18H24N4O2S. The van der Waals surface area contributed by atoms with Crippen molar-refractivity contribution in [2.75, 3.05) is 12.3 Å². The number of carbonyl (C=O) groups is 1. The van der Waals surface area contributed by atoms with Crippen LogP contribution in [0, 0.1) is 0 Å². The Labute approximate surface area is 151 Å². The van der Waals surface area contributed by atoms with Crippen LogP contribution in [0.2, 0.25) is 0 Å². The fraction of sp³-hybridized carbons (Fsp3) is 0.500. The van der Waals surface area contributed by atoms with E-state index in [9.17, 15) is 9.59 Å². The molecule has 1 atom stereocenters. The largest absolute Gasteiger partial charge is 0.343 e. The molecular weight excluding hydrogens is 336 g/mol. The second-order valence-corrected chi connectivity index (χ2v) is 7.36. The molecule has 6 nitrogen and oxygen atoms in total. The number of piperidine rings is 1. The topological polar surface area (TPSA) is 71.0 Å². The summed E-state index contributed by atoms with van der Waals surface area (Å²) >= 11 is 1.34. The predicted molar refractivity (Wildman–Crippen MR) is 98.7 cm³/mol. The molecule has 134 valence electrons. The number of hydrogen-bond acceptors (Lipinski definition) is 4. The van der Waals surface area contributed by atoms with Crippen molar-refractivity contribution in [3.05, 3.63) is 46.4 Å². The van der Waals surface area contributed by atoms with Gasteiger partial charge in [0.1, 0.15) is 0 Å². The van der Waals surface area contributed by atoms with E-state index in [1.54, 1.807) is 4.57 Å². The molecule has 1 aromatic carbocycles. The molecule has 3 rings (SSSR count). The zero-order valence-electron chi connectivity index (χ0n) is 14.5. The molecule has 7 heteroatoms. The highest BCUT2D eigenvalue weighted by molar-refractivity contribution is 7.99. The van der Waals surface area contributed by atoms with Crippen molar-refractivity contribution in [3.63, 3.8) is 0 Å². The molecule has 0 unspecified atom stereocenters. The third kappa shape index (κ3) is 4.54. The first-order valence-electron chi connectivity index (χ1n) is 8.76. The van der Waals surface area contributed by atoms with Crippen molar-refractivity contribution in [2.24, 2.45) is 0 Å². The third-order valence-electron chi connectivity index (χ3n) is 4.64. The van der Waals surface area contributed by atoms with Crippen molar-refractivity contribution >= 4 is 17.7 Å². The van der Waals surface area contributed by atoms with Crippen LogP contribution < -0.4 is 5.69 Å². The smallest absolute Gasteiger partial charge is 0.339 e.